The normalized spacial score (nSPS) is 16.7. The first-order valence-electron chi connectivity index (χ1n) is 9.41. The number of aryl methyl sites for hydroxylation is 2. The maximum absolute atomic E-state index is 13.2. The summed E-state index contributed by atoms with van der Waals surface area (Å²) in [7, 11) is 0. The van der Waals surface area contributed by atoms with E-state index in [2.05, 4.69) is 16.3 Å². The van der Waals surface area contributed by atoms with Crippen LogP contribution in [-0.2, 0) is 9.59 Å². The molecule has 0 spiro atoms. The number of rotatable bonds is 5. The van der Waals surface area contributed by atoms with Crippen LogP contribution < -0.4 is 11.1 Å². The SMILES string of the molecule is Cc1cc(C)cc(NC(=O)C(c2ccccc2)N2CCC(C(N)=O)CC2)c1. The van der Waals surface area contributed by atoms with Crippen molar-refractivity contribution in [2.75, 3.05) is 18.4 Å². The maximum Gasteiger partial charge on any atom is 0.246 e. The van der Waals surface area contributed by atoms with E-state index in [9.17, 15) is 9.59 Å². The number of nitrogens with two attached hydrogens (primary N) is 1. The highest BCUT2D eigenvalue weighted by Crippen LogP contribution is 2.28. The Hall–Kier alpha value is -2.66. The topological polar surface area (TPSA) is 75.4 Å². The first kappa shape index (κ1) is 19.1. The minimum Gasteiger partial charge on any atom is -0.369 e. The summed E-state index contributed by atoms with van der Waals surface area (Å²) in [6.07, 6.45) is 1.38. The number of hydrogen-bond acceptors (Lipinski definition) is 3. The van der Waals surface area contributed by atoms with Gasteiger partial charge < -0.3 is 11.1 Å². The second-order valence-corrected chi connectivity index (χ2v) is 7.39. The zero-order valence-electron chi connectivity index (χ0n) is 15.9. The Balaban J connectivity index is 1.82. The lowest BCUT2D eigenvalue weighted by Gasteiger charge is -2.36. The van der Waals surface area contributed by atoms with Gasteiger partial charge in [0, 0.05) is 11.6 Å². The molecular weight excluding hydrogens is 338 g/mol. The third-order valence-corrected chi connectivity index (χ3v) is 5.15. The molecule has 1 saturated heterocycles. The number of anilines is 1. The molecule has 1 aliphatic rings. The van der Waals surface area contributed by atoms with E-state index in [0.717, 1.165) is 22.4 Å². The van der Waals surface area contributed by atoms with Gasteiger partial charge in [-0.1, -0.05) is 36.4 Å². The van der Waals surface area contributed by atoms with Gasteiger partial charge in [-0.3, -0.25) is 14.5 Å². The molecule has 0 aromatic heterocycles. The molecule has 5 nitrogen and oxygen atoms in total. The molecule has 0 radical (unpaired) electrons. The van der Waals surface area contributed by atoms with E-state index in [1.807, 2.05) is 56.3 Å². The van der Waals surface area contributed by atoms with Gasteiger partial charge in [-0.15, -0.1) is 0 Å². The number of benzene rings is 2. The van der Waals surface area contributed by atoms with Crippen molar-refractivity contribution in [1.29, 1.82) is 0 Å². The van der Waals surface area contributed by atoms with Crippen LogP contribution in [0.4, 0.5) is 5.69 Å². The van der Waals surface area contributed by atoms with Gasteiger partial charge in [-0.05, 0) is 68.6 Å². The minimum absolute atomic E-state index is 0.0521. The van der Waals surface area contributed by atoms with E-state index < -0.39 is 0 Å². The third kappa shape index (κ3) is 4.74. The van der Waals surface area contributed by atoms with Crippen molar-refractivity contribution in [1.82, 2.24) is 4.90 Å². The highest BCUT2D eigenvalue weighted by atomic mass is 16.2. The van der Waals surface area contributed by atoms with Gasteiger partial charge in [0.25, 0.3) is 0 Å². The number of piperidine rings is 1. The molecule has 0 saturated carbocycles. The average molecular weight is 365 g/mol. The summed E-state index contributed by atoms with van der Waals surface area (Å²) < 4.78 is 0. The zero-order valence-corrected chi connectivity index (χ0v) is 15.9. The summed E-state index contributed by atoms with van der Waals surface area (Å²) in [6, 6.07) is 15.4. The predicted molar refractivity (Wildman–Crippen MR) is 107 cm³/mol. The molecular formula is C22H27N3O2. The summed E-state index contributed by atoms with van der Waals surface area (Å²) in [5, 5.41) is 3.08. The highest BCUT2D eigenvalue weighted by molar-refractivity contribution is 5.95. The Morgan fingerprint density at radius 3 is 2.19 bits per heavy atom. The summed E-state index contributed by atoms with van der Waals surface area (Å²) in [5.41, 5.74) is 9.45. The molecule has 142 valence electrons. The van der Waals surface area contributed by atoms with Crippen molar-refractivity contribution in [3.63, 3.8) is 0 Å². The molecule has 5 heteroatoms. The molecule has 0 aliphatic carbocycles. The van der Waals surface area contributed by atoms with Crippen molar-refractivity contribution in [2.24, 2.45) is 11.7 Å². The molecule has 1 unspecified atom stereocenters. The number of primary amides is 1. The first-order chi connectivity index (χ1) is 12.9. The molecule has 1 aliphatic heterocycles. The van der Waals surface area contributed by atoms with Crippen LogP contribution >= 0.6 is 0 Å². The molecule has 3 rings (SSSR count). The second-order valence-electron chi connectivity index (χ2n) is 7.39. The summed E-state index contributed by atoms with van der Waals surface area (Å²) in [5.74, 6) is -0.394. The van der Waals surface area contributed by atoms with Gasteiger partial charge in [-0.2, -0.15) is 0 Å². The fourth-order valence-electron chi connectivity index (χ4n) is 3.86. The third-order valence-electron chi connectivity index (χ3n) is 5.15. The summed E-state index contributed by atoms with van der Waals surface area (Å²) in [4.78, 5) is 26.8. The van der Waals surface area contributed by atoms with Gasteiger partial charge in [0.1, 0.15) is 6.04 Å². The maximum atomic E-state index is 13.2. The molecule has 3 N–H and O–H groups in total. The van der Waals surface area contributed by atoms with Crippen LogP contribution in [0.5, 0.6) is 0 Å². The van der Waals surface area contributed by atoms with E-state index in [1.54, 1.807) is 0 Å². The predicted octanol–water partition coefficient (Wildman–Crippen LogP) is 3.18. The van der Waals surface area contributed by atoms with Crippen molar-refractivity contribution in [3.8, 4) is 0 Å². The molecule has 0 bridgehead atoms. The Morgan fingerprint density at radius 2 is 1.63 bits per heavy atom. The Labute approximate surface area is 160 Å². The molecule has 2 aromatic carbocycles. The molecule has 2 amide bonds. The minimum atomic E-state index is -0.388. The summed E-state index contributed by atoms with van der Waals surface area (Å²) in [6.45, 7) is 5.39. The van der Waals surface area contributed by atoms with Crippen LogP contribution in [0, 0.1) is 19.8 Å². The molecule has 2 aromatic rings. The number of nitrogens with one attached hydrogen (secondary N) is 1. The number of nitrogens with zero attached hydrogens (tertiary/aromatic N) is 1. The number of likely N-dealkylation sites (tertiary alicyclic amines) is 1. The van der Waals surface area contributed by atoms with Crippen molar-refractivity contribution < 1.29 is 9.59 Å². The number of amides is 2. The number of carbonyl (C=O) groups excluding carboxylic acids is 2. The number of carbonyl (C=O) groups is 2. The lowest BCUT2D eigenvalue weighted by Crippen LogP contribution is -2.44. The zero-order chi connectivity index (χ0) is 19.4. The van der Waals surface area contributed by atoms with E-state index >= 15 is 0 Å². The van der Waals surface area contributed by atoms with Gasteiger partial charge >= 0.3 is 0 Å². The Kier molecular flexibility index (Phi) is 5.91. The van der Waals surface area contributed by atoms with E-state index in [-0.39, 0.29) is 23.8 Å². The average Bonchev–Trinajstić information content (AvgIpc) is 2.62. The first-order valence-corrected chi connectivity index (χ1v) is 9.41. The highest BCUT2D eigenvalue weighted by Gasteiger charge is 2.32. The summed E-state index contributed by atoms with van der Waals surface area (Å²) >= 11 is 0. The molecule has 1 fully saturated rings. The van der Waals surface area contributed by atoms with Gasteiger partial charge in [0.05, 0.1) is 0 Å². The molecule has 1 heterocycles. The van der Waals surface area contributed by atoms with Crippen LogP contribution in [0.2, 0.25) is 0 Å². The monoisotopic (exact) mass is 365 g/mol. The van der Waals surface area contributed by atoms with Crippen molar-refractivity contribution >= 4 is 17.5 Å². The lowest BCUT2D eigenvalue weighted by atomic mass is 9.93. The van der Waals surface area contributed by atoms with Crippen molar-refractivity contribution in [3.05, 3.63) is 65.2 Å². The smallest absolute Gasteiger partial charge is 0.246 e. The van der Waals surface area contributed by atoms with Crippen molar-refractivity contribution in [2.45, 2.75) is 32.7 Å². The van der Waals surface area contributed by atoms with Crippen LogP contribution in [0.3, 0.4) is 0 Å². The second kappa shape index (κ2) is 8.35. The van der Waals surface area contributed by atoms with Crippen LogP contribution in [0.25, 0.3) is 0 Å². The van der Waals surface area contributed by atoms with Gasteiger partial charge in [0.2, 0.25) is 11.8 Å². The Bertz CT molecular complexity index is 791. The fraction of sp³-hybridized carbons (Fsp3) is 0.364. The fourth-order valence-corrected chi connectivity index (χ4v) is 3.86. The Morgan fingerprint density at radius 1 is 1.04 bits per heavy atom. The molecule has 1 atom stereocenters. The number of hydrogen-bond donors (Lipinski definition) is 2. The lowest BCUT2D eigenvalue weighted by molar-refractivity contribution is -0.125. The van der Waals surface area contributed by atoms with Crippen LogP contribution in [0.1, 0.15) is 35.6 Å². The van der Waals surface area contributed by atoms with E-state index in [0.29, 0.717) is 25.9 Å². The van der Waals surface area contributed by atoms with E-state index in [4.69, 9.17) is 5.73 Å². The molecule has 27 heavy (non-hydrogen) atoms. The van der Waals surface area contributed by atoms with Crippen LogP contribution in [0.15, 0.2) is 48.5 Å². The quantitative estimate of drug-likeness (QED) is 0.854. The largest absolute Gasteiger partial charge is 0.369 e. The van der Waals surface area contributed by atoms with Gasteiger partial charge in [0.15, 0.2) is 0 Å². The van der Waals surface area contributed by atoms with E-state index in [1.165, 1.54) is 0 Å². The standard InChI is InChI=1S/C22H27N3O2/c1-15-12-16(2)14-19(13-15)24-22(27)20(17-6-4-3-5-7-17)25-10-8-18(9-11-25)21(23)26/h3-7,12-14,18,20H,8-11H2,1-2H3,(H2,23,26)(H,24,27). The van der Waals surface area contributed by atoms with Crippen LogP contribution in [-0.4, -0.2) is 29.8 Å². The van der Waals surface area contributed by atoms with Gasteiger partial charge in [-0.25, -0.2) is 0 Å².